The molecular weight excluding hydrogens is 172 g/mol. The first-order chi connectivity index (χ1) is 6.11. The third-order valence-electron chi connectivity index (χ3n) is 1.67. The van der Waals surface area contributed by atoms with Crippen LogP contribution >= 0.6 is 0 Å². The van der Waals surface area contributed by atoms with Crippen LogP contribution in [0.5, 0.6) is 0 Å². The number of hydrogen-bond acceptors (Lipinski definition) is 4. The van der Waals surface area contributed by atoms with Gasteiger partial charge < -0.3 is 20.1 Å². The first-order valence-corrected chi connectivity index (χ1v) is 3.75. The summed E-state index contributed by atoms with van der Waals surface area (Å²) in [4.78, 5) is 10.0. The Kier molecular flexibility index (Phi) is 3.00. The first kappa shape index (κ1) is 9.70. The summed E-state index contributed by atoms with van der Waals surface area (Å²) < 4.78 is 0. The number of aliphatic hydroxyl groups is 2. The summed E-state index contributed by atoms with van der Waals surface area (Å²) in [6, 6.07) is 0. The Morgan fingerprint density at radius 3 is 2.85 bits per heavy atom. The van der Waals surface area contributed by atoms with Crippen molar-refractivity contribution in [2.24, 2.45) is 0 Å². The average molecular weight is 181 g/mol. The number of carboxylic acids is 1. The van der Waals surface area contributed by atoms with Gasteiger partial charge in [0.2, 0.25) is 0 Å². The van der Waals surface area contributed by atoms with Crippen LogP contribution in [0.4, 0.5) is 0 Å². The van der Waals surface area contributed by atoms with E-state index >= 15 is 0 Å². The quantitative estimate of drug-likeness (QED) is 0.508. The summed E-state index contributed by atoms with van der Waals surface area (Å²) in [6.07, 6.45) is 4.45. The van der Waals surface area contributed by atoms with E-state index in [0.29, 0.717) is 5.57 Å². The predicted molar refractivity (Wildman–Crippen MR) is 43.4 cm³/mol. The Hall–Kier alpha value is -1.39. The second kappa shape index (κ2) is 4.02. The Morgan fingerprint density at radius 1 is 1.54 bits per heavy atom. The Morgan fingerprint density at radius 2 is 2.23 bits per heavy atom. The number of carbonyl (C=O) groups is 1. The van der Waals surface area contributed by atoms with E-state index in [9.17, 15) is 15.0 Å². The summed E-state index contributed by atoms with van der Waals surface area (Å²) in [5.74, 6) is -1.34. The molecule has 2 N–H and O–H groups in total. The van der Waals surface area contributed by atoms with Gasteiger partial charge in [-0.1, -0.05) is 24.3 Å². The van der Waals surface area contributed by atoms with Gasteiger partial charge in [-0.2, -0.15) is 0 Å². The maximum absolute atomic E-state index is 10.0. The normalized spacial score (nSPS) is 27.7. The topological polar surface area (TPSA) is 80.6 Å². The molecule has 0 radical (unpaired) electrons. The lowest BCUT2D eigenvalue weighted by Crippen LogP contribution is -2.27. The van der Waals surface area contributed by atoms with Crippen LogP contribution in [0.2, 0.25) is 0 Å². The van der Waals surface area contributed by atoms with Gasteiger partial charge in [0.15, 0.2) is 0 Å². The maximum atomic E-state index is 10.0. The highest BCUT2D eigenvalue weighted by atomic mass is 16.4. The van der Waals surface area contributed by atoms with Crippen LogP contribution in [-0.4, -0.2) is 28.4 Å². The minimum Gasteiger partial charge on any atom is -0.545 e. The summed E-state index contributed by atoms with van der Waals surface area (Å²) in [5, 5.41) is 28.5. The van der Waals surface area contributed by atoms with Crippen LogP contribution < -0.4 is 5.11 Å². The van der Waals surface area contributed by atoms with Gasteiger partial charge in [0.05, 0.1) is 5.97 Å². The molecule has 1 aliphatic rings. The molecule has 0 aromatic carbocycles. The molecule has 0 aromatic heterocycles. The molecule has 13 heavy (non-hydrogen) atoms. The van der Waals surface area contributed by atoms with E-state index in [2.05, 4.69) is 0 Å². The molecule has 1 aliphatic carbocycles. The van der Waals surface area contributed by atoms with Crippen molar-refractivity contribution < 1.29 is 20.1 Å². The van der Waals surface area contributed by atoms with Crippen molar-refractivity contribution in [1.29, 1.82) is 0 Å². The molecule has 0 spiro atoms. The zero-order valence-corrected chi connectivity index (χ0v) is 6.75. The number of carboxylic acid groups (broad SMARTS) is 1. The van der Waals surface area contributed by atoms with E-state index in [4.69, 9.17) is 5.11 Å². The first-order valence-electron chi connectivity index (χ1n) is 3.75. The van der Waals surface area contributed by atoms with Gasteiger partial charge in [-0.05, 0) is 11.6 Å². The fourth-order valence-electron chi connectivity index (χ4n) is 1.000. The summed E-state index contributed by atoms with van der Waals surface area (Å²) in [6.45, 7) is 0. The summed E-state index contributed by atoms with van der Waals surface area (Å²) in [5.41, 5.74) is 0.346. The second-order valence-corrected chi connectivity index (χ2v) is 2.64. The smallest absolute Gasteiger partial charge is 0.108 e. The Bertz CT molecular complexity index is 288. The highest BCUT2D eigenvalue weighted by Gasteiger charge is 2.18. The SMILES string of the molecule is O=C([O-])C=CC1=CC=C[C@@H](O)[C@H]1O. The van der Waals surface area contributed by atoms with Crippen molar-refractivity contribution in [2.45, 2.75) is 12.2 Å². The number of carbonyl (C=O) groups excluding carboxylic acids is 1. The van der Waals surface area contributed by atoms with Gasteiger partial charge in [0, 0.05) is 0 Å². The molecule has 2 atom stereocenters. The van der Waals surface area contributed by atoms with E-state index in [1.807, 2.05) is 0 Å². The molecule has 0 aromatic rings. The number of hydrogen-bond donors (Lipinski definition) is 2. The zero-order chi connectivity index (χ0) is 9.84. The van der Waals surface area contributed by atoms with Crippen LogP contribution in [0.25, 0.3) is 0 Å². The number of allylic oxidation sites excluding steroid dienone is 2. The van der Waals surface area contributed by atoms with Crippen LogP contribution in [0.3, 0.4) is 0 Å². The number of aliphatic hydroxyl groups excluding tert-OH is 2. The molecule has 1 rings (SSSR count). The van der Waals surface area contributed by atoms with Gasteiger partial charge in [-0.15, -0.1) is 0 Å². The average Bonchev–Trinajstić information content (AvgIpc) is 2.07. The molecule has 0 bridgehead atoms. The molecule has 70 valence electrons. The highest BCUT2D eigenvalue weighted by Crippen LogP contribution is 2.14. The fourth-order valence-corrected chi connectivity index (χ4v) is 1.000. The highest BCUT2D eigenvalue weighted by molar-refractivity contribution is 5.78. The molecule has 4 heteroatoms. The van der Waals surface area contributed by atoms with E-state index in [1.165, 1.54) is 18.2 Å². The summed E-state index contributed by atoms with van der Waals surface area (Å²) in [7, 11) is 0. The van der Waals surface area contributed by atoms with Crippen molar-refractivity contribution in [1.82, 2.24) is 0 Å². The molecule has 4 nitrogen and oxygen atoms in total. The van der Waals surface area contributed by atoms with Crippen molar-refractivity contribution in [3.8, 4) is 0 Å². The molecule has 0 saturated heterocycles. The van der Waals surface area contributed by atoms with Crippen molar-refractivity contribution in [3.63, 3.8) is 0 Å². The monoisotopic (exact) mass is 181 g/mol. The summed E-state index contributed by atoms with van der Waals surface area (Å²) >= 11 is 0. The minimum absolute atomic E-state index is 0.346. The van der Waals surface area contributed by atoms with Crippen LogP contribution in [0.15, 0.2) is 36.0 Å². The van der Waals surface area contributed by atoms with Gasteiger partial charge >= 0.3 is 0 Å². The molecule has 0 fully saturated rings. The van der Waals surface area contributed by atoms with Crippen LogP contribution in [0.1, 0.15) is 0 Å². The molecule has 0 unspecified atom stereocenters. The van der Waals surface area contributed by atoms with Gasteiger partial charge in [0.25, 0.3) is 0 Å². The van der Waals surface area contributed by atoms with Crippen LogP contribution in [0, 0.1) is 0 Å². The predicted octanol–water partition coefficient (Wildman–Crippen LogP) is -1.49. The molecule has 0 saturated carbocycles. The second-order valence-electron chi connectivity index (χ2n) is 2.64. The molecule has 0 aliphatic heterocycles. The van der Waals surface area contributed by atoms with Gasteiger partial charge in [-0.25, -0.2) is 0 Å². The number of aliphatic carboxylic acids is 1. The van der Waals surface area contributed by atoms with Crippen molar-refractivity contribution >= 4 is 5.97 Å². The van der Waals surface area contributed by atoms with Crippen molar-refractivity contribution in [3.05, 3.63) is 36.0 Å². The third kappa shape index (κ3) is 2.54. The fraction of sp³-hybridized carbons (Fsp3) is 0.222. The molecule has 0 amide bonds. The van der Waals surface area contributed by atoms with E-state index < -0.39 is 18.2 Å². The lowest BCUT2D eigenvalue weighted by Gasteiger charge is -2.18. The van der Waals surface area contributed by atoms with E-state index in [-0.39, 0.29) is 0 Å². The zero-order valence-electron chi connectivity index (χ0n) is 6.75. The largest absolute Gasteiger partial charge is 0.545 e. The minimum atomic E-state index is -1.34. The lowest BCUT2D eigenvalue weighted by atomic mass is 9.99. The lowest BCUT2D eigenvalue weighted by molar-refractivity contribution is -0.297. The number of rotatable bonds is 2. The third-order valence-corrected chi connectivity index (χ3v) is 1.67. The van der Waals surface area contributed by atoms with E-state index in [0.717, 1.165) is 6.08 Å². The van der Waals surface area contributed by atoms with Crippen LogP contribution in [-0.2, 0) is 4.79 Å². The standard InChI is InChI=1S/C9H10O4/c10-7-3-1-2-6(9(7)13)4-5-8(11)12/h1-5,7,9-10,13H,(H,11,12)/p-1/t7-,9+/m1/s1. The van der Waals surface area contributed by atoms with Crippen molar-refractivity contribution in [2.75, 3.05) is 0 Å². The molecule has 0 heterocycles. The van der Waals surface area contributed by atoms with E-state index in [1.54, 1.807) is 6.08 Å². The van der Waals surface area contributed by atoms with Gasteiger partial charge in [0.1, 0.15) is 12.2 Å². The molecular formula is C9H9O4-. The maximum Gasteiger partial charge on any atom is 0.108 e. The van der Waals surface area contributed by atoms with Gasteiger partial charge in [-0.3, -0.25) is 0 Å². The Labute approximate surface area is 75.1 Å². The Balaban J connectivity index is 2.74.